The fourth-order valence-corrected chi connectivity index (χ4v) is 6.39. The highest BCUT2D eigenvalue weighted by Crippen LogP contribution is 2.27. The van der Waals surface area contributed by atoms with Gasteiger partial charge in [0.2, 0.25) is 0 Å². The van der Waals surface area contributed by atoms with Crippen molar-refractivity contribution in [1.29, 1.82) is 0 Å². The van der Waals surface area contributed by atoms with E-state index >= 15 is 0 Å². The predicted molar refractivity (Wildman–Crippen MR) is 166 cm³/mol. The average molecular weight is 682 g/mol. The summed E-state index contributed by atoms with van der Waals surface area (Å²) >= 11 is 0. The van der Waals surface area contributed by atoms with Gasteiger partial charge in [-0.2, -0.15) is 0 Å². The molecule has 1 aromatic carbocycles. The first kappa shape index (κ1) is 33.7. The van der Waals surface area contributed by atoms with E-state index in [9.17, 15) is 37.5 Å². The molecule has 7 rings (SSSR count). The number of hydrogen-bond donors (Lipinski definition) is 2. The molecule has 0 saturated carbocycles. The molecule has 0 radical (unpaired) electrons. The Balaban J connectivity index is 0.000000182. The zero-order chi connectivity index (χ0) is 35.1. The van der Waals surface area contributed by atoms with Crippen LogP contribution in [-0.2, 0) is 29.1 Å². The lowest BCUT2D eigenvalue weighted by Crippen LogP contribution is -2.57. The van der Waals surface area contributed by atoms with Gasteiger partial charge in [-0.3, -0.25) is 24.0 Å². The molecule has 6 heterocycles. The quantitative estimate of drug-likeness (QED) is 0.417. The van der Waals surface area contributed by atoms with Crippen LogP contribution in [0.2, 0.25) is 0 Å². The molecule has 0 aliphatic carbocycles. The Labute approximate surface area is 277 Å². The van der Waals surface area contributed by atoms with Gasteiger partial charge in [-0.25, -0.2) is 13.6 Å². The van der Waals surface area contributed by atoms with Crippen molar-refractivity contribution in [2.45, 2.75) is 70.9 Å². The minimum Gasteiger partial charge on any atom is -0.477 e. The average Bonchev–Trinajstić information content (AvgIpc) is 3.05. The Morgan fingerprint density at radius 3 is 1.84 bits per heavy atom. The second kappa shape index (κ2) is 13.4. The van der Waals surface area contributed by atoms with E-state index in [4.69, 9.17) is 14.6 Å². The summed E-state index contributed by atoms with van der Waals surface area (Å²) in [5, 5.41) is 11.4. The van der Waals surface area contributed by atoms with E-state index < -0.39 is 46.8 Å². The van der Waals surface area contributed by atoms with E-state index in [0.29, 0.717) is 32.7 Å². The standard InChI is InChI=1S/C20H19F2N3O4.C13H14N2O5/c1-11-4-5-29-18-10-24-9-14(17(26)7-16(24)20(28)25(11)18)19(27)23-8-12-2-3-13(21)6-15(12)22;1-7-2-3-20-11-6-14-5-8(13(18)19)10(16)4-9(14)12(17)15(7)11/h2-3,6-7,9,11,18H,4-5,8,10H2,1H3,(H,23,27);4-5,7,11H,2-3,6H2,1H3,(H,18,19)/t11-,18+;7-,11+/m11/s1. The molecule has 258 valence electrons. The summed E-state index contributed by atoms with van der Waals surface area (Å²) in [7, 11) is 0. The molecule has 2 fully saturated rings. The predicted octanol–water partition coefficient (Wildman–Crippen LogP) is 1.78. The minimum atomic E-state index is -1.29. The van der Waals surface area contributed by atoms with Crippen LogP contribution in [-0.4, -0.2) is 85.5 Å². The highest BCUT2D eigenvalue weighted by Gasteiger charge is 2.40. The molecule has 2 aromatic heterocycles. The van der Waals surface area contributed by atoms with Gasteiger partial charge in [-0.1, -0.05) is 6.07 Å². The third-order valence-corrected chi connectivity index (χ3v) is 9.06. The van der Waals surface area contributed by atoms with Crippen molar-refractivity contribution in [1.82, 2.24) is 24.3 Å². The number of aromatic nitrogens is 2. The molecule has 4 atom stereocenters. The number of aromatic carboxylic acids is 1. The monoisotopic (exact) mass is 681 g/mol. The molecular weight excluding hydrogens is 648 g/mol. The topological polar surface area (TPSA) is 169 Å². The van der Waals surface area contributed by atoms with Crippen LogP contribution >= 0.6 is 0 Å². The number of ether oxygens (including phenoxy) is 2. The Hall–Kier alpha value is -5.22. The van der Waals surface area contributed by atoms with Gasteiger partial charge in [0.1, 0.15) is 34.1 Å². The number of pyridine rings is 2. The summed E-state index contributed by atoms with van der Waals surface area (Å²) in [6.45, 7) is 5.40. The molecule has 0 spiro atoms. The van der Waals surface area contributed by atoms with Crippen molar-refractivity contribution < 1.29 is 42.5 Å². The number of carboxylic acids is 1. The highest BCUT2D eigenvalue weighted by molar-refractivity contribution is 5.97. The number of amides is 3. The molecule has 16 heteroatoms. The molecule has 2 N–H and O–H groups in total. The third-order valence-electron chi connectivity index (χ3n) is 9.06. The van der Waals surface area contributed by atoms with Gasteiger partial charge >= 0.3 is 5.97 Å². The molecule has 4 aliphatic rings. The van der Waals surface area contributed by atoms with Crippen LogP contribution in [0.25, 0.3) is 0 Å². The molecule has 0 unspecified atom stereocenters. The normalized spacial score (nSPS) is 22.5. The van der Waals surface area contributed by atoms with E-state index in [1.807, 2.05) is 13.8 Å². The number of hydrogen-bond acceptors (Lipinski definition) is 8. The maximum atomic E-state index is 13.7. The number of benzene rings is 1. The van der Waals surface area contributed by atoms with Gasteiger partial charge in [0.25, 0.3) is 17.7 Å². The number of carbonyl (C=O) groups is 4. The van der Waals surface area contributed by atoms with Crippen molar-refractivity contribution in [3.63, 3.8) is 0 Å². The number of carboxylic acid groups (broad SMARTS) is 1. The Morgan fingerprint density at radius 2 is 1.33 bits per heavy atom. The summed E-state index contributed by atoms with van der Waals surface area (Å²) in [6, 6.07) is 5.32. The van der Waals surface area contributed by atoms with E-state index in [1.54, 1.807) is 9.80 Å². The molecule has 2 saturated heterocycles. The number of halogens is 2. The van der Waals surface area contributed by atoms with Crippen molar-refractivity contribution in [3.05, 3.63) is 103 Å². The Kier molecular flexibility index (Phi) is 9.18. The molecule has 3 aromatic rings. The Morgan fingerprint density at radius 1 is 0.816 bits per heavy atom. The van der Waals surface area contributed by atoms with Crippen LogP contribution in [0, 0.1) is 11.6 Å². The maximum Gasteiger partial charge on any atom is 0.341 e. The summed E-state index contributed by atoms with van der Waals surface area (Å²) in [4.78, 5) is 76.1. The van der Waals surface area contributed by atoms with Crippen LogP contribution in [0.3, 0.4) is 0 Å². The fraction of sp³-hybridized carbons (Fsp3) is 0.394. The molecule has 0 bridgehead atoms. The van der Waals surface area contributed by atoms with Crippen molar-refractivity contribution in [2.75, 3.05) is 13.2 Å². The largest absolute Gasteiger partial charge is 0.477 e. The summed E-state index contributed by atoms with van der Waals surface area (Å²) < 4.78 is 41.0. The first-order chi connectivity index (χ1) is 23.3. The van der Waals surface area contributed by atoms with Crippen LogP contribution < -0.4 is 16.2 Å². The number of rotatable bonds is 4. The van der Waals surface area contributed by atoms with Crippen molar-refractivity contribution >= 4 is 23.7 Å². The third kappa shape index (κ3) is 6.48. The fourth-order valence-electron chi connectivity index (χ4n) is 6.39. The molecule has 3 amide bonds. The van der Waals surface area contributed by atoms with Gasteiger partial charge in [0.15, 0.2) is 23.3 Å². The van der Waals surface area contributed by atoms with Crippen LogP contribution in [0.5, 0.6) is 0 Å². The molecular formula is C33H33F2N5O9. The highest BCUT2D eigenvalue weighted by atomic mass is 19.1. The number of nitrogens with one attached hydrogen (secondary N) is 1. The second-order valence-corrected chi connectivity index (χ2v) is 12.3. The van der Waals surface area contributed by atoms with Gasteiger partial charge in [0.05, 0.1) is 26.3 Å². The van der Waals surface area contributed by atoms with E-state index in [2.05, 4.69) is 5.32 Å². The zero-order valence-electron chi connectivity index (χ0n) is 26.6. The van der Waals surface area contributed by atoms with Gasteiger partial charge in [-0.05, 0) is 32.8 Å². The van der Waals surface area contributed by atoms with Crippen LogP contribution in [0.4, 0.5) is 8.78 Å². The lowest BCUT2D eigenvalue weighted by atomic mass is 10.1. The minimum absolute atomic E-state index is 0.00122. The molecule has 4 aliphatic heterocycles. The molecule has 49 heavy (non-hydrogen) atoms. The lowest BCUT2D eigenvalue weighted by molar-refractivity contribution is -0.112. The van der Waals surface area contributed by atoms with Gasteiger partial charge in [-0.15, -0.1) is 0 Å². The van der Waals surface area contributed by atoms with Crippen molar-refractivity contribution in [3.8, 4) is 0 Å². The lowest BCUT2D eigenvalue weighted by Gasteiger charge is -2.44. The van der Waals surface area contributed by atoms with Gasteiger partial charge in [0, 0.05) is 54.8 Å². The number of nitrogens with zero attached hydrogens (tertiary/aromatic N) is 4. The van der Waals surface area contributed by atoms with E-state index in [1.165, 1.54) is 27.6 Å². The first-order valence-electron chi connectivity index (χ1n) is 15.7. The summed E-state index contributed by atoms with van der Waals surface area (Å²) in [5.41, 5.74) is -1.25. The summed E-state index contributed by atoms with van der Waals surface area (Å²) in [6.07, 6.45) is 3.16. The number of carbonyl (C=O) groups excluding carboxylic acids is 3. The SMILES string of the molecule is C[C@@H]1CCO[C@H]2Cn3cc(C(=O)NCc4ccc(F)cc4F)c(=O)cc3C(=O)N12.C[C@@H]1CCO[C@H]2Cn3cc(C(=O)O)c(=O)cc3C(=O)N12. The summed E-state index contributed by atoms with van der Waals surface area (Å²) in [5.74, 6) is -4.11. The van der Waals surface area contributed by atoms with E-state index in [0.717, 1.165) is 30.7 Å². The second-order valence-electron chi connectivity index (χ2n) is 12.3. The number of fused-ring (bicyclic) bond motifs is 4. The first-order valence-corrected chi connectivity index (χ1v) is 15.7. The zero-order valence-corrected chi connectivity index (χ0v) is 26.6. The Bertz CT molecular complexity index is 1980. The van der Waals surface area contributed by atoms with Crippen LogP contribution in [0.15, 0.2) is 52.3 Å². The smallest absolute Gasteiger partial charge is 0.341 e. The molecule has 14 nitrogen and oxygen atoms in total. The van der Waals surface area contributed by atoms with Crippen molar-refractivity contribution in [2.24, 2.45) is 0 Å². The van der Waals surface area contributed by atoms with E-state index in [-0.39, 0.29) is 58.5 Å². The van der Waals surface area contributed by atoms with Gasteiger partial charge < -0.3 is 38.8 Å². The van der Waals surface area contributed by atoms with Crippen LogP contribution in [0.1, 0.15) is 73.9 Å². The maximum absolute atomic E-state index is 13.7.